The molecule has 0 heterocycles. The standard InChI is InChI=1S/C8H6N2O.C2H6/c9-5-6-1-3-7(4-2-6)8(10)11;1-2/h1-4H,(H2,10,11);1-2H3. The quantitative estimate of drug-likeness (QED) is 0.707. The van der Waals surface area contributed by atoms with Crippen LogP contribution in [0, 0.1) is 11.3 Å². The van der Waals surface area contributed by atoms with Crippen molar-refractivity contribution >= 4 is 5.91 Å². The van der Waals surface area contributed by atoms with Gasteiger partial charge in [0, 0.05) is 5.56 Å². The second kappa shape index (κ2) is 5.78. The van der Waals surface area contributed by atoms with E-state index < -0.39 is 5.91 Å². The van der Waals surface area contributed by atoms with Gasteiger partial charge in [0.25, 0.3) is 0 Å². The summed E-state index contributed by atoms with van der Waals surface area (Å²) in [5.41, 5.74) is 5.93. The molecule has 1 aromatic carbocycles. The number of hydrogen-bond acceptors (Lipinski definition) is 2. The van der Waals surface area contributed by atoms with E-state index in [4.69, 9.17) is 11.0 Å². The third-order valence-electron chi connectivity index (χ3n) is 1.30. The lowest BCUT2D eigenvalue weighted by atomic mass is 10.1. The Balaban J connectivity index is 0.000000671. The first-order chi connectivity index (χ1) is 6.24. The molecule has 3 nitrogen and oxygen atoms in total. The van der Waals surface area contributed by atoms with Crippen LogP contribution in [-0.4, -0.2) is 5.91 Å². The molecule has 0 aliphatic rings. The number of carbonyl (C=O) groups is 1. The molecule has 0 unspecified atom stereocenters. The minimum Gasteiger partial charge on any atom is -0.366 e. The minimum atomic E-state index is -0.477. The molecule has 0 saturated heterocycles. The van der Waals surface area contributed by atoms with E-state index in [0.717, 1.165) is 0 Å². The summed E-state index contributed by atoms with van der Waals surface area (Å²) in [6.07, 6.45) is 0. The molecule has 1 amide bonds. The second-order valence-corrected chi connectivity index (χ2v) is 2.05. The molecule has 0 aromatic heterocycles. The Kier molecular flexibility index (Phi) is 4.97. The molecular weight excluding hydrogens is 164 g/mol. The summed E-state index contributed by atoms with van der Waals surface area (Å²) < 4.78 is 0. The third-order valence-corrected chi connectivity index (χ3v) is 1.30. The summed E-state index contributed by atoms with van der Waals surface area (Å²) in [6.45, 7) is 4.00. The van der Waals surface area contributed by atoms with E-state index in [1.807, 2.05) is 19.9 Å². The zero-order valence-corrected chi connectivity index (χ0v) is 7.74. The van der Waals surface area contributed by atoms with Crippen molar-refractivity contribution in [2.24, 2.45) is 5.73 Å². The van der Waals surface area contributed by atoms with Crippen molar-refractivity contribution in [2.75, 3.05) is 0 Å². The van der Waals surface area contributed by atoms with E-state index in [1.165, 1.54) is 12.1 Å². The second-order valence-electron chi connectivity index (χ2n) is 2.05. The van der Waals surface area contributed by atoms with Gasteiger partial charge in [-0.15, -0.1) is 0 Å². The van der Waals surface area contributed by atoms with Crippen LogP contribution in [-0.2, 0) is 0 Å². The molecule has 68 valence electrons. The predicted molar refractivity (Wildman–Crippen MR) is 51.0 cm³/mol. The third kappa shape index (κ3) is 3.39. The van der Waals surface area contributed by atoms with Crippen LogP contribution in [0.25, 0.3) is 0 Å². The van der Waals surface area contributed by atoms with E-state index in [0.29, 0.717) is 11.1 Å². The molecule has 1 rings (SSSR count). The fourth-order valence-electron chi connectivity index (χ4n) is 0.709. The highest BCUT2D eigenvalue weighted by atomic mass is 16.1. The Labute approximate surface area is 77.8 Å². The number of benzene rings is 1. The first-order valence-corrected chi connectivity index (χ1v) is 4.04. The summed E-state index contributed by atoms with van der Waals surface area (Å²) in [7, 11) is 0. The average molecular weight is 176 g/mol. The number of hydrogen-bond donors (Lipinski definition) is 1. The number of nitrogens with two attached hydrogens (primary N) is 1. The first kappa shape index (κ1) is 11.2. The lowest BCUT2D eigenvalue weighted by molar-refractivity contribution is 0.100. The van der Waals surface area contributed by atoms with Gasteiger partial charge in [0.15, 0.2) is 0 Å². The minimum absolute atomic E-state index is 0.420. The fourth-order valence-corrected chi connectivity index (χ4v) is 0.709. The van der Waals surface area contributed by atoms with Crippen LogP contribution >= 0.6 is 0 Å². The fraction of sp³-hybridized carbons (Fsp3) is 0.200. The lowest BCUT2D eigenvalue weighted by Crippen LogP contribution is -2.10. The Bertz CT molecular complexity index is 309. The molecule has 0 radical (unpaired) electrons. The maximum atomic E-state index is 10.5. The monoisotopic (exact) mass is 176 g/mol. The van der Waals surface area contributed by atoms with Crippen molar-refractivity contribution in [3.05, 3.63) is 35.4 Å². The van der Waals surface area contributed by atoms with Crippen molar-refractivity contribution in [2.45, 2.75) is 13.8 Å². The Hall–Kier alpha value is -1.82. The van der Waals surface area contributed by atoms with Crippen LogP contribution in [0.15, 0.2) is 24.3 Å². The SMILES string of the molecule is CC.N#Cc1ccc(C(N)=O)cc1. The van der Waals surface area contributed by atoms with Gasteiger partial charge in [-0.2, -0.15) is 5.26 Å². The molecule has 1 aromatic rings. The number of carbonyl (C=O) groups excluding carboxylic acids is 1. The van der Waals surface area contributed by atoms with Crippen LogP contribution in [0.5, 0.6) is 0 Å². The van der Waals surface area contributed by atoms with Gasteiger partial charge >= 0.3 is 0 Å². The number of nitriles is 1. The summed E-state index contributed by atoms with van der Waals surface area (Å²) in [5.74, 6) is -0.477. The Morgan fingerprint density at radius 3 is 2.08 bits per heavy atom. The molecule has 0 bridgehead atoms. The van der Waals surface area contributed by atoms with Crippen LogP contribution in [0.4, 0.5) is 0 Å². The molecule has 3 heteroatoms. The smallest absolute Gasteiger partial charge is 0.248 e. The van der Waals surface area contributed by atoms with Crippen LogP contribution in [0.2, 0.25) is 0 Å². The van der Waals surface area contributed by atoms with E-state index >= 15 is 0 Å². The van der Waals surface area contributed by atoms with Crippen molar-refractivity contribution in [3.63, 3.8) is 0 Å². The summed E-state index contributed by atoms with van der Waals surface area (Å²) >= 11 is 0. The van der Waals surface area contributed by atoms with Crippen molar-refractivity contribution < 1.29 is 4.79 Å². The van der Waals surface area contributed by atoms with Crippen LogP contribution < -0.4 is 5.73 Å². The zero-order valence-electron chi connectivity index (χ0n) is 7.74. The number of rotatable bonds is 1. The van der Waals surface area contributed by atoms with Gasteiger partial charge in [0.05, 0.1) is 11.6 Å². The van der Waals surface area contributed by atoms with Gasteiger partial charge in [-0.05, 0) is 24.3 Å². The van der Waals surface area contributed by atoms with Gasteiger partial charge in [-0.3, -0.25) is 4.79 Å². The van der Waals surface area contributed by atoms with Crippen molar-refractivity contribution in [3.8, 4) is 6.07 Å². The molecule has 0 saturated carbocycles. The highest BCUT2D eigenvalue weighted by molar-refractivity contribution is 5.92. The first-order valence-electron chi connectivity index (χ1n) is 4.04. The van der Waals surface area contributed by atoms with Crippen molar-refractivity contribution in [1.82, 2.24) is 0 Å². The average Bonchev–Trinajstić information content (AvgIpc) is 2.21. The topological polar surface area (TPSA) is 66.9 Å². The van der Waals surface area contributed by atoms with E-state index in [1.54, 1.807) is 12.1 Å². The molecule has 0 spiro atoms. The van der Waals surface area contributed by atoms with Gasteiger partial charge in [-0.25, -0.2) is 0 Å². The maximum Gasteiger partial charge on any atom is 0.248 e. The van der Waals surface area contributed by atoms with Crippen LogP contribution in [0.1, 0.15) is 29.8 Å². The highest BCUT2D eigenvalue weighted by Gasteiger charge is 1.97. The highest BCUT2D eigenvalue weighted by Crippen LogP contribution is 2.01. The number of nitrogens with zero attached hydrogens (tertiary/aromatic N) is 1. The van der Waals surface area contributed by atoms with Crippen molar-refractivity contribution in [1.29, 1.82) is 5.26 Å². The molecule has 0 atom stereocenters. The van der Waals surface area contributed by atoms with Crippen LogP contribution in [0.3, 0.4) is 0 Å². The molecule has 2 N–H and O–H groups in total. The number of amides is 1. The lowest BCUT2D eigenvalue weighted by Gasteiger charge is -1.92. The Morgan fingerprint density at radius 1 is 1.31 bits per heavy atom. The molecule has 0 fully saturated rings. The van der Waals surface area contributed by atoms with E-state index in [2.05, 4.69) is 0 Å². The van der Waals surface area contributed by atoms with E-state index in [-0.39, 0.29) is 0 Å². The largest absolute Gasteiger partial charge is 0.366 e. The van der Waals surface area contributed by atoms with Gasteiger partial charge in [-0.1, -0.05) is 13.8 Å². The predicted octanol–water partition coefficient (Wildman–Crippen LogP) is 1.68. The number of primary amides is 1. The van der Waals surface area contributed by atoms with Gasteiger partial charge < -0.3 is 5.73 Å². The summed E-state index contributed by atoms with van der Waals surface area (Å²) in [5, 5.41) is 8.40. The summed E-state index contributed by atoms with van der Waals surface area (Å²) in [6, 6.07) is 8.11. The normalized spacial score (nSPS) is 7.77. The van der Waals surface area contributed by atoms with Gasteiger partial charge in [0.1, 0.15) is 0 Å². The molecular formula is C10H12N2O. The molecule has 0 aliphatic carbocycles. The van der Waals surface area contributed by atoms with Gasteiger partial charge in [0.2, 0.25) is 5.91 Å². The Morgan fingerprint density at radius 2 is 1.77 bits per heavy atom. The zero-order chi connectivity index (χ0) is 10.3. The van der Waals surface area contributed by atoms with E-state index in [9.17, 15) is 4.79 Å². The summed E-state index contributed by atoms with van der Waals surface area (Å²) in [4.78, 5) is 10.5. The maximum absolute atomic E-state index is 10.5. The molecule has 0 aliphatic heterocycles. The molecule has 13 heavy (non-hydrogen) atoms.